The Hall–Kier alpha value is -1.23. The second kappa shape index (κ2) is 3.38. The molecule has 1 heterocycles. The Bertz CT molecular complexity index is 455. The predicted octanol–water partition coefficient (Wildman–Crippen LogP) is -0.0891. The smallest absolute Gasteiger partial charge is 0.269 e. The molecule has 1 aromatic rings. The summed E-state index contributed by atoms with van der Waals surface area (Å²) in [5.41, 5.74) is 0.501. The van der Waals surface area contributed by atoms with Gasteiger partial charge in [0.15, 0.2) is 0 Å². The van der Waals surface area contributed by atoms with Gasteiger partial charge in [0.25, 0.3) is 5.69 Å². The van der Waals surface area contributed by atoms with Crippen molar-refractivity contribution in [2.45, 2.75) is 10.4 Å². The minimum Gasteiger partial charge on any atom is -0.397 e. The van der Waals surface area contributed by atoms with Gasteiger partial charge in [-0.2, -0.15) is 0 Å². The van der Waals surface area contributed by atoms with E-state index in [2.05, 4.69) is 0 Å². The lowest BCUT2D eigenvalue weighted by atomic mass is 9.63. The first kappa shape index (κ1) is 11.3. The monoisotopic (exact) mass is 210 g/mol. The molecule has 7 heteroatoms. The Morgan fingerprint density at radius 1 is 1.50 bits per heavy atom. The summed E-state index contributed by atoms with van der Waals surface area (Å²) < 4.78 is 0. The minimum atomic E-state index is -0.984. The fourth-order valence-electron chi connectivity index (χ4n) is 1.78. The maximum Gasteiger partial charge on any atom is 0.269 e. The number of rotatable bonds is 3. The number of nitro groups is 1. The van der Waals surface area contributed by atoms with Gasteiger partial charge in [0.1, 0.15) is 7.28 Å². The molecule has 75 valence electrons. The fourth-order valence-corrected chi connectivity index (χ4v) is 1.78. The van der Waals surface area contributed by atoms with E-state index in [0.29, 0.717) is 5.56 Å². The maximum atomic E-state index is 10.6. The van der Waals surface area contributed by atoms with Crippen molar-refractivity contribution in [2.24, 2.45) is 0 Å². The van der Waals surface area contributed by atoms with Crippen molar-refractivity contribution in [1.82, 2.24) is 0 Å². The minimum absolute atomic E-state index is 0.0390. The Labute approximate surface area is 96.3 Å². The summed E-state index contributed by atoms with van der Waals surface area (Å²) in [6.45, 7) is -0.286. The SMILES string of the molecule is [B]C1(CO)[B]C1([B])c1cccc([N+](=O)[O-])c1. The van der Waals surface area contributed by atoms with Gasteiger partial charge >= 0.3 is 0 Å². The van der Waals surface area contributed by atoms with E-state index in [-0.39, 0.29) is 12.3 Å². The first-order valence-corrected chi connectivity index (χ1v) is 4.73. The van der Waals surface area contributed by atoms with Crippen LogP contribution in [0.15, 0.2) is 24.3 Å². The van der Waals surface area contributed by atoms with Gasteiger partial charge in [0, 0.05) is 18.7 Å². The lowest BCUT2D eigenvalue weighted by Crippen LogP contribution is -2.17. The van der Waals surface area contributed by atoms with Gasteiger partial charge in [0.2, 0.25) is 0 Å². The number of non-ortho nitro benzene ring substituents is 1. The van der Waals surface area contributed by atoms with Crippen molar-refractivity contribution in [3.63, 3.8) is 0 Å². The molecule has 5 radical (unpaired) electrons. The van der Waals surface area contributed by atoms with Crippen LogP contribution < -0.4 is 0 Å². The van der Waals surface area contributed by atoms with Crippen molar-refractivity contribution in [1.29, 1.82) is 0 Å². The third-order valence-electron chi connectivity index (χ3n) is 2.97. The Morgan fingerprint density at radius 3 is 2.69 bits per heavy atom. The zero-order valence-electron chi connectivity index (χ0n) is 8.46. The van der Waals surface area contributed by atoms with E-state index < -0.39 is 15.4 Å². The third kappa shape index (κ3) is 1.46. The molecule has 4 nitrogen and oxygen atoms in total. The van der Waals surface area contributed by atoms with Crippen molar-refractivity contribution >= 4 is 28.7 Å². The molecule has 1 fully saturated rings. The van der Waals surface area contributed by atoms with Crippen molar-refractivity contribution in [3.05, 3.63) is 39.9 Å². The van der Waals surface area contributed by atoms with Gasteiger partial charge in [-0.15, -0.1) is 0 Å². The highest BCUT2D eigenvalue weighted by Gasteiger charge is 2.60. The van der Waals surface area contributed by atoms with Crippen molar-refractivity contribution in [2.75, 3.05) is 6.61 Å². The van der Waals surface area contributed by atoms with E-state index in [4.69, 9.17) is 20.8 Å². The van der Waals surface area contributed by atoms with Gasteiger partial charge in [-0.1, -0.05) is 28.1 Å². The zero-order valence-corrected chi connectivity index (χ0v) is 8.46. The summed E-state index contributed by atoms with van der Waals surface area (Å²) in [5.74, 6) is 0. The number of aliphatic hydroxyl groups excluding tert-OH is 1. The van der Waals surface area contributed by atoms with Gasteiger partial charge in [-0.3, -0.25) is 10.1 Å². The van der Waals surface area contributed by atoms with Gasteiger partial charge in [-0.05, 0) is 0 Å². The molecular weight excluding hydrogens is 203 g/mol. The molecule has 16 heavy (non-hydrogen) atoms. The molecule has 0 bridgehead atoms. The zero-order chi connectivity index (χ0) is 12.0. The second-order valence-electron chi connectivity index (χ2n) is 4.02. The molecule has 0 amide bonds. The summed E-state index contributed by atoms with van der Waals surface area (Å²) in [6, 6.07) is 5.97. The molecule has 1 aliphatic heterocycles. The van der Waals surface area contributed by atoms with E-state index in [1.165, 1.54) is 12.1 Å². The Balaban J connectivity index is 2.36. The normalized spacial score (nSPS) is 31.8. The van der Waals surface area contributed by atoms with Crippen molar-refractivity contribution in [3.8, 4) is 0 Å². The van der Waals surface area contributed by atoms with Crippen LogP contribution in [0.1, 0.15) is 5.56 Å². The molecule has 0 aliphatic carbocycles. The average molecular weight is 210 g/mol. The lowest BCUT2D eigenvalue weighted by Gasteiger charge is -2.19. The molecule has 1 aliphatic rings. The molecular formula is C9H7B3NO3. The molecule has 2 unspecified atom stereocenters. The highest BCUT2D eigenvalue weighted by Crippen LogP contribution is 2.58. The maximum absolute atomic E-state index is 10.6. The molecule has 0 aromatic heterocycles. The number of aliphatic hydroxyl groups is 1. The third-order valence-corrected chi connectivity index (χ3v) is 2.97. The number of nitro benzene ring substituents is 1. The fraction of sp³-hybridized carbons (Fsp3) is 0.333. The molecule has 1 N–H and O–H groups in total. The topological polar surface area (TPSA) is 63.4 Å². The van der Waals surface area contributed by atoms with Crippen LogP contribution in [0, 0.1) is 10.1 Å². The van der Waals surface area contributed by atoms with Gasteiger partial charge in [0.05, 0.1) is 20.6 Å². The van der Waals surface area contributed by atoms with Crippen LogP contribution in [0.2, 0.25) is 5.21 Å². The molecule has 0 spiro atoms. The molecule has 0 saturated carbocycles. The van der Waals surface area contributed by atoms with E-state index in [0.717, 1.165) is 0 Å². The number of hydrogen-bond acceptors (Lipinski definition) is 3. The van der Waals surface area contributed by atoms with E-state index in [1.807, 2.05) is 0 Å². The van der Waals surface area contributed by atoms with Crippen LogP contribution in [0.4, 0.5) is 5.69 Å². The molecule has 1 saturated heterocycles. The molecule has 2 rings (SSSR count). The van der Waals surface area contributed by atoms with Gasteiger partial charge in [-0.25, -0.2) is 0 Å². The standard InChI is InChI=1S/C9H7B3NO3/c10-8(5-14)9(11,12-8)6-2-1-3-7(4-6)13(15)16/h1-4,14H,5H2. The number of nitrogens with zero attached hydrogens (tertiary/aromatic N) is 1. The summed E-state index contributed by atoms with van der Waals surface area (Å²) in [4.78, 5) is 10.1. The van der Waals surface area contributed by atoms with E-state index in [9.17, 15) is 10.1 Å². The summed E-state index contributed by atoms with van der Waals surface area (Å²) in [7, 11) is 13.3. The average Bonchev–Trinajstić information content (AvgIpc) is 2.84. The molecule has 2 atom stereocenters. The van der Waals surface area contributed by atoms with Crippen LogP contribution in [-0.2, 0) is 5.21 Å². The highest BCUT2D eigenvalue weighted by molar-refractivity contribution is 6.80. The number of hydrogen-bond donors (Lipinski definition) is 1. The Morgan fingerprint density at radius 2 is 2.19 bits per heavy atom. The first-order valence-electron chi connectivity index (χ1n) is 4.73. The lowest BCUT2D eigenvalue weighted by molar-refractivity contribution is -0.384. The predicted molar refractivity (Wildman–Crippen MR) is 61.8 cm³/mol. The largest absolute Gasteiger partial charge is 0.397 e. The van der Waals surface area contributed by atoms with Crippen LogP contribution >= 0.6 is 0 Å². The van der Waals surface area contributed by atoms with Gasteiger partial charge < -0.3 is 5.11 Å². The first-order chi connectivity index (χ1) is 7.43. The summed E-state index contributed by atoms with van der Waals surface area (Å²) in [6.07, 6.45) is 0. The van der Waals surface area contributed by atoms with Crippen LogP contribution in [0.3, 0.4) is 0 Å². The van der Waals surface area contributed by atoms with Crippen LogP contribution in [0.5, 0.6) is 0 Å². The highest BCUT2D eigenvalue weighted by atomic mass is 16.6. The van der Waals surface area contributed by atoms with E-state index in [1.54, 1.807) is 19.4 Å². The van der Waals surface area contributed by atoms with Crippen LogP contribution in [-0.4, -0.2) is 39.6 Å². The molecule has 1 aromatic carbocycles. The van der Waals surface area contributed by atoms with Crippen molar-refractivity contribution < 1.29 is 10.0 Å². The Kier molecular flexibility index (Phi) is 2.38. The quantitative estimate of drug-likeness (QED) is 0.430. The van der Waals surface area contributed by atoms with E-state index >= 15 is 0 Å². The second-order valence-corrected chi connectivity index (χ2v) is 4.02. The summed E-state index contributed by atoms with van der Waals surface area (Å²) >= 11 is 0. The van der Waals surface area contributed by atoms with Crippen LogP contribution in [0.25, 0.3) is 0 Å². The number of benzene rings is 1. The summed E-state index contributed by atoms with van der Waals surface area (Å²) in [5, 5.41) is 17.7.